The van der Waals surface area contributed by atoms with Gasteiger partial charge in [-0.25, -0.2) is 14.8 Å². The number of anilines is 1. The maximum absolute atomic E-state index is 12.6. The largest absolute Gasteiger partial charge is 0.332 e. The van der Waals surface area contributed by atoms with Crippen molar-refractivity contribution in [2.24, 2.45) is 14.1 Å². The van der Waals surface area contributed by atoms with Crippen LogP contribution in [-0.4, -0.2) is 25.0 Å². The SMILES string of the molecule is Cn1c(=O)c2cc(NC(=O)c3csc(-c4ccc(Cl)cc4)n3)cnc2n(C)c1=O. The Hall–Kier alpha value is -3.30. The molecule has 0 saturated heterocycles. The van der Waals surface area contributed by atoms with Crippen molar-refractivity contribution in [3.05, 3.63) is 73.5 Å². The van der Waals surface area contributed by atoms with Gasteiger partial charge >= 0.3 is 5.69 Å². The third kappa shape index (κ3) is 3.45. The van der Waals surface area contributed by atoms with Crippen molar-refractivity contribution in [1.82, 2.24) is 19.1 Å². The van der Waals surface area contributed by atoms with Crippen LogP contribution in [0.15, 0.2) is 51.5 Å². The lowest BCUT2D eigenvalue weighted by Gasteiger charge is -2.08. The zero-order chi connectivity index (χ0) is 20.7. The van der Waals surface area contributed by atoms with Gasteiger partial charge < -0.3 is 5.32 Å². The van der Waals surface area contributed by atoms with Gasteiger partial charge in [0.05, 0.1) is 17.3 Å². The van der Waals surface area contributed by atoms with Crippen molar-refractivity contribution >= 4 is 45.6 Å². The number of nitrogens with one attached hydrogen (secondary N) is 1. The van der Waals surface area contributed by atoms with Crippen LogP contribution in [0.3, 0.4) is 0 Å². The summed E-state index contributed by atoms with van der Waals surface area (Å²) in [4.78, 5) is 45.4. The fraction of sp³-hybridized carbons (Fsp3) is 0.105. The summed E-state index contributed by atoms with van der Waals surface area (Å²) in [5.74, 6) is -0.427. The number of benzene rings is 1. The molecule has 1 aromatic carbocycles. The average Bonchev–Trinajstić information content (AvgIpc) is 3.21. The van der Waals surface area contributed by atoms with Gasteiger partial charge in [-0.05, 0) is 18.2 Å². The molecule has 3 heterocycles. The van der Waals surface area contributed by atoms with Crippen molar-refractivity contribution in [3.8, 4) is 10.6 Å². The first-order valence-electron chi connectivity index (χ1n) is 8.44. The molecule has 10 heteroatoms. The molecule has 1 N–H and O–H groups in total. The molecule has 146 valence electrons. The zero-order valence-electron chi connectivity index (χ0n) is 15.3. The molecule has 0 fully saturated rings. The molecule has 0 aliphatic carbocycles. The van der Waals surface area contributed by atoms with E-state index in [2.05, 4.69) is 15.3 Å². The number of hydrogen-bond acceptors (Lipinski definition) is 6. The number of nitrogens with zero attached hydrogens (tertiary/aromatic N) is 4. The Kier molecular flexibility index (Phi) is 4.77. The van der Waals surface area contributed by atoms with Gasteiger partial charge in [0.25, 0.3) is 11.5 Å². The van der Waals surface area contributed by atoms with Gasteiger partial charge in [0.1, 0.15) is 16.3 Å². The number of hydrogen-bond donors (Lipinski definition) is 1. The molecule has 0 saturated carbocycles. The van der Waals surface area contributed by atoms with E-state index in [1.807, 2.05) is 12.1 Å². The van der Waals surface area contributed by atoms with Crippen LogP contribution < -0.4 is 16.6 Å². The van der Waals surface area contributed by atoms with E-state index in [0.29, 0.717) is 15.7 Å². The second-order valence-corrected chi connectivity index (χ2v) is 7.59. The van der Waals surface area contributed by atoms with Crippen LogP contribution >= 0.6 is 22.9 Å². The van der Waals surface area contributed by atoms with Crippen molar-refractivity contribution in [2.45, 2.75) is 0 Å². The molecule has 0 unspecified atom stereocenters. The minimum absolute atomic E-state index is 0.229. The van der Waals surface area contributed by atoms with Crippen LogP contribution in [0, 0.1) is 0 Å². The van der Waals surface area contributed by atoms with E-state index in [0.717, 1.165) is 10.1 Å². The lowest BCUT2D eigenvalue weighted by atomic mass is 10.2. The average molecular weight is 428 g/mol. The summed E-state index contributed by atoms with van der Waals surface area (Å²) < 4.78 is 2.27. The predicted molar refractivity (Wildman–Crippen MR) is 113 cm³/mol. The zero-order valence-corrected chi connectivity index (χ0v) is 16.9. The third-order valence-corrected chi connectivity index (χ3v) is 5.52. The van der Waals surface area contributed by atoms with Gasteiger partial charge in [-0.2, -0.15) is 0 Å². The highest BCUT2D eigenvalue weighted by molar-refractivity contribution is 7.13. The molecule has 0 atom stereocenters. The molecule has 3 aromatic heterocycles. The van der Waals surface area contributed by atoms with E-state index < -0.39 is 17.2 Å². The highest BCUT2D eigenvalue weighted by atomic mass is 35.5. The maximum atomic E-state index is 12.6. The number of carbonyl (C=O) groups is 1. The van der Waals surface area contributed by atoms with Gasteiger partial charge in [-0.3, -0.25) is 18.7 Å². The number of carbonyl (C=O) groups excluding carboxylic acids is 1. The van der Waals surface area contributed by atoms with Crippen molar-refractivity contribution < 1.29 is 4.79 Å². The number of aryl methyl sites for hydroxylation is 1. The van der Waals surface area contributed by atoms with Crippen molar-refractivity contribution in [1.29, 1.82) is 0 Å². The fourth-order valence-corrected chi connectivity index (χ4v) is 3.76. The second kappa shape index (κ2) is 7.26. The number of amides is 1. The summed E-state index contributed by atoms with van der Waals surface area (Å²) in [7, 11) is 2.92. The van der Waals surface area contributed by atoms with Gasteiger partial charge in [-0.15, -0.1) is 11.3 Å². The van der Waals surface area contributed by atoms with E-state index in [9.17, 15) is 14.4 Å². The van der Waals surface area contributed by atoms with Crippen LogP contribution in [0.1, 0.15) is 10.5 Å². The van der Waals surface area contributed by atoms with E-state index in [1.54, 1.807) is 17.5 Å². The Labute approximate surface area is 173 Å². The maximum Gasteiger partial charge on any atom is 0.332 e. The molecule has 0 bridgehead atoms. The molecule has 8 nitrogen and oxygen atoms in total. The number of pyridine rings is 1. The summed E-state index contributed by atoms with van der Waals surface area (Å²) in [6, 6.07) is 8.67. The quantitative estimate of drug-likeness (QED) is 0.542. The molecular weight excluding hydrogens is 414 g/mol. The minimum Gasteiger partial charge on any atom is -0.319 e. The van der Waals surface area contributed by atoms with E-state index in [4.69, 9.17) is 11.6 Å². The molecule has 0 spiro atoms. The van der Waals surface area contributed by atoms with E-state index >= 15 is 0 Å². The Morgan fingerprint density at radius 3 is 2.59 bits per heavy atom. The number of rotatable bonds is 3. The highest BCUT2D eigenvalue weighted by Gasteiger charge is 2.15. The summed E-state index contributed by atoms with van der Waals surface area (Å²) in [6.45, 7) is 0. The Morgan fingerprint density at radius 2 is 1.86 bits per heavy atom. The van der Waals surface area contributed by atoms with Gasteiger partial charge in [-0.1, -0.05) is 23.7 Å². The van der Waals surface area contributed by atoms with Crippen LogP contribution in [0.2, 0.25) is 5.02 Å². The lowest BCUT2D eigenvalue weighted by Crippen LogP contribution is -2.37. The normalized spacial score (nSPS) is 11.0. The summed E-state index contributed by atoms with van der Waals surface area (Å²) in [6.07, 6.45) is 1.39. The van der Waals surface area contributed by atoms with Crippen LogP contribution in [0.4, 0.5) is 5.69 Å². The Bertz CT molecular complexity index is 1370. The molecule has 4 aromatic rings. The number of halogens is 1. The number of fused-ring (bicyclic) bond motifs is 1. The summed E-state index contributed by atoms with van der Waals surface area (Å²) in [5, 5.41) is 5.88. The first-order valence-corrected chi connectivity index (χ1v) is 9.69. The molecule has 4 rings (SSSR count). The van der Waals surface area contributed by atoms with Crippen LogP contribution in [0.5, 0.6) is 0 Å². The van der Waals surface area contributed by atoms with Gasteiger partial charge in [0, 0.05) is 30.1 Å². The first kappa shape index (κ1) is 19.0. The standard InChI is InChI=1S/C19H14ClN5O3S/c1-24-15-13(18(27)25(2)19(24)28)7-12(8-21-15)22-16(26)14-9-29-17(23-14)10-3-5-11(20)6-4-10/h3-9H,1-2H3,(H,22,26). The lowest BCUT2D eigenvalue weighted by molar-refractivity contribution is 0.102. The summed E-state index contributed by atoms with van der Waals surface area (Å²) in [5.41, 5.74) is 0.729. The van der Waals surface area contributed by atoms with Crippen molar-refractivity contribution in [3.63, 3.8) is 0 Å². The minimum atomic E-state index is -0.481. The van der Waals surface area contributed by atoms with Crippen LogP contribution in [-0.2, 0) is 14.1 Å². The molecule has 0 aliphatic rings. The van der Waals surface area contributed by atoms with Crippen molar-refractivity contribution in [2.75, 3.05) is 5.32 Å². The predicted octanol–water partition coefficient (Wildman–Crippen LogP) is 2.66. The van der Waals surface area contributed by atoms with Gasteiger partial charge in [0.15, 0.2) is 0 Å². The Morgan fingerprint density at radius 1 is 1.14 bits per heavy atom. The summed E-state index contributed by atoms with van der Waals surface area (Å²) >= 11 is 7.23. The topological polar surface area (TPSA) is 98.9 Å². The van der Waals surface area contributed by atoms with Crippen LogP contribution in [0.25, 0.3) is 21.6 Å². The highest BCUT2D eigenvalue weighted by Crippen LogP contribution is 2.25. The number of aromatic nitrogens is 4. The molecule has 0 radical (unpaired) electrons. The van der Waals surface area contributed by atoms with Gasteiger partial charge in [0.2, 0.25) is 0 Å². The number of thiazole rings is 1. The Balaban J connectivity index is 1.63. The van der Waals surface area contributed by atoms with E-state index in [-0.39, 0.29) is 16.7 Å². The fourth-order valence-electron chi connectivity index (χ4n) is 2.83. The third-order valence-electron chi connectivity index (χ3n) is 4.38. The molecule has 1 amide bonds. The molecule has 29 heavy (non-hydrogen) atoms. The van der Waals surface area contributed by atoms with E-state index in [1.165, 1.54) is 42.3 Å². The first-order chi connectivity index (χ1) is 13.8. The molecule has 0 aliphatic heterocycles. The molecular formula is C19H14ClN5O3S. The smallest absolute Gasteiger partial charge is 0.319 e. The second-order valence-electron chi connectivity index (χ2n) is 6.30. The monoisotopic (exact) mass is 427 g/mol.